The second-order valence-corrected chi connectivity index (χ2v) is 15.6. The third-order valence-electron chi connectivity index (χ3n) is 10.3. The number of para-hydroxylation sites is 1. The van der Waals surface area contributed by atoms with E-state index in [0.29, 0.717) is 38.2 Å². The van der Waals surface area contributed by atoms with Crippen LogP contribution in [-0.4, -0.2) is 111 Å². The van der Waals surface area contributed by atoms with Crippen LogP contribution in [0.2, 0.25) is 0 Å². The first-order chi connectivity index (χ1) is 30.1. The van der Waals surface area contributed by atoms with Crippen LogP contribution >= 0.6 is 11.3 Å². The molecule has 22 heteroatoms. The van der Waals surface area contributed by atoms with Crippen molar-refractivity contribution in [2.45, 2.75) is 57.3 Å². The van der Waals surface area contributed by atoms with Gasteiger partial charge in [-0.1, -0.05) is 31.7 Å². The van der Waals surface area contributed by atoms with Crippen LogP contribution in [0.4, 0.5) is 5.69 Å². The van der Waals surface area contributed by atoms with E-state index in [-0.39, 0.29) is 41.9 Å². The molecule has 4 atom stereocenters. The summed E-state index contributed by atoms with van der Waals surface area (Å²) in [4.78, 5) is 118. The molecule has 2 bridgehead atoms. The number of likely N-dealkylation sites (N-methyl/N-ethyl adjacent to an activating group) is 1. The van der Waals surface area contributed by atoms with Gasteiger partial charge >= 0.3 is 0 Å². The second-order valence-electron chi connectivity index (χ2n) is 14.7. The Bertz CT molecular complexity index is 2630. The minimum Gasteiger partial charge on any atom is -0.496 e. The van der Waals surface area contributed by atoms with Crippen LogP contribution in [0.3, 0.4) is 0 Å². The van der Waals surface area contributed by atoms with Crippen LogP contribution in [0, 0.1) is 10.1 Å². The van der Waals surface area contributed by atoms with E-state index in [0.717, 1.165) is 16.2 Å². The summed E-state index contributed by atoms with van der Waals surface area (Å²) in [7, 11) is 2.81. The van der Waals surface area contributed by atoms with Gasteiger partial charge in [-0.05, 0) is 36.6 Å². The lowest BCUT2D eigenvalue weighted by molar-refractivity contribution is -0.383. The fourth-order valence-corrected chi connectivity index (χ4v) is 7.87. The van der Waals surface area contributed by atoms with Crippen molar-refractivity contribution in [1.29, 1.82) is 0 Å². The highest BCUT2D eigenvalue weighted by Crippen LogP contribution is 2.30. The first kappa shape index (κ1) is 44.9. The molecular weight excluding hydrogens is 839 g/mol. The van der Waals surface area contributed by atoms with E-state index >= 15 is 0 Å². The van der Waals surface area contributed by atoms with Gasteiger partial charge < -0.3 is 51.5 Å². The summed E-state index contributed by atoms with van der Waals surface area (Å²) < 4.78 is 5.58. The molecule has 1 aliphatic heterocycles. The number of carbonyl (C=O) groups excluding carboxylic acids is 7. The Morgan fingerprint density at radius 1 is 0.889 bits per heavy atom. The van der Waals surface area contributed by atoms with Crippen molar-refractivity contribution in [3.05, 3.63) is 98.4 Å². The van der Waals surface area contributed by atoms with Gasteiger partial charge in [0.25, 0.3) is 17.5 Å². The van der Waals surface area contributed by atoms with E-state index in [1.165, 1.54) is 37.9 Å². The summed E-state index contributed by atoms with van der Waals surface area (Å²) in [5.74, 6) is -4.85. The lowest BCUT2D eigenvalue weighted by Crippen LogP contribution is -2.56. The lowest BCUT2D eigenvalue weighted by Gasteiger charge is -2.24. The molecule has 7 amide bonds. The van der Waals surface area contributed by atoms with Gasteiger partial charge in [-0.15, -0.1) is 11.3 Å². The van der Waals surface area contributed by atoms with Gasteiger partial charge in [-0.25, -0.2) is 4.98 Å². The number of non-ortho nitro benzene ring substituents is 1. The number of benzene rings is 2. The molecule has 0 aliphatic carbocycles. The zero-order valence-corrected chi connectivity index (χ0v) is 35.4. The topological polar surface area (TPSA) is 292 Å². The number of thiazole rings is 1. The SMILES string of the molecule is C=C1NC(=O)[C@@H](CC)NC(=O)CNC(=O)[C@H](Cc2c[nH]c3cccc(OC)c23)NC(=O)[C@H](Cc2c[nH]c3c([N+](=O)[O-])cccc23)NC(=O)c2csc(n2)[C@@H](C)NC(=O)CN(C)C1=O. The normalized spacial score (nSPS) is 20.3. The predicted molar refractivity (Wildman–Crippen MR) is 229 cm³/mol. The van der Waals surface area contributed by atoms with Gasteiger partial charge in [0.05, 0.1) is 36.9 Å². The predicted octanol–water partition coefficient (Wildman–Crippen LogP) is 1.38. The Morgan fingerprint density at radius 2 is 1.60 bits per heavy atom. The first-order valence-corrected chi connectivity index (χ1v) is 20.5. The van der Waals surface area contributed by atoms with Gasteiger partial charge in [-0.2, -0.15) is 0 Å². The van der Waals surface area contributed by atoms with E-state index in [2.05, 4.69) is 53.4 Å². The summed E-state index contributed by atoms with van der Waals surface area (Å²) >= 11 is 1.05. The minimum absolute atomic E-state index is 0.0829. The van der Waals surface area contributed by atoms with Crippen molar-refractivity contribution in [1.82, 2.24) is 51.8 Å². The van der Waals surface area contributed by atoms with Crippen molar-refractivity contribution in [2.75, 3.05) is 27.2 Å². The number of nitro benzene ring substituents is 1. The molecule has 0 fully saturated rings. The fourth-order valence-electron chi connectivity index (χ4n) is 7.07. The quantitative estimate of drug-likeness (QED) is 0.0657. The highest BCUT2D eigenvalue weighted by atomic mass is 32.1. The van der Waals surface area contributed by atoms with Gasteiger partial charge in [0, 0.05) is 60.0 Å². The zero-order chi connectivity index (χ0) is 45.5. The van der Waals surface area contributed by atoms with Gasteiger partial charge in [0.15, 0.2) is 0 Å². The summed E-state index contributed by atoms with van der Waals surface area (Å²) in [5, 5.41) is 30.2. The smallest absolute Gasteiger partial charge is 0.293 e. The molecule has 4 heterocycles. The molecule has 0 saturated heterocycles. The molecule has 3 aromatic heterocycles. The number of amides is 7. The number of H-pyrrole nitrogens is 2. The number of ether oxygens (including phenoxy) is 1. The van der Waals surface area contributed by atoms with E-state index in [1.807, 2.05) is 0 Å². The molecule has 330 valence electrons. The second kappa shape index (κ2) is 19.4. The number of methoxy groups -OCH3 is 1. The molecular formula is C41H45N11O10S. The number of nitrogens with zero attached hydrogens (tertiary/aromatic N) is 3. The molecule has 5 aromatic rings. The summed E-state index contributed by atoms with van der Waals surface area (Å²) in [6.07, 6.45) is 2.87. The van der Waals surface area contributed by atoms with Crippen molar-refractivity contribution >= 4 is 80.2 Å². The van der Waals surface area contributed by atoms with Crippen LogP contribution < -0.4 is 36.6 Å². The highest BCUT2D eigenvalue weighted by Gasteiger charge is 2.32. The van der Waals surface area contributed by atoms with Crippen LogP contribution in [-0.2, 0) is 41.6 Å². The maximum absolute atomic E-state index is 14.5. The van der Waals surface area contributed by atoms with E-state index in [9.17, 15) is 43.7 Å². The Hall–Kier alpha value is -7.62. The van der Waals surface area contributed by atoms with Gasteiger partial charge in [0.1, 0.15) is 40.1 Å². The summed E-state index contributed by atoms with van der Waals surface area (Å²) in [6, 6.07) is 5.04. The number of rotatable bonds is 7. The maximum atomic E-state index is 14.5. The molecule has 0 unspecified atom stereocenters. The number of fused-ring (bicyclic) bond motifs is 4. The number of carbonyl (C=O) groups is 7. The lowest BCUT2D eigenvalue weighted by atomic mass is 10.0. The zero-order valence-electron chi connectivity index (χ0n) is 34.6. The number of nitro groups is 1. The molecule has 0 spiro atoms. The van der Waals surface area contributed by atoms with Crippen LogP contribution in [0.1, 0.15) is 52.9 Å². The van der Waals surface area contributed by atoms with Crippen molar-refractivity contribution < 1.29 is 43.2 Å². The molecule has 2 aromatic carbocycles. The molecule has 6 rings (SSSR count). The average Bonchev–Trinajstić information content (AvgIpc) is 4.03. The van der Waals surface area contributed by atoms with E-state index in [4.69, 9.17) is 4.74 Å². The molecule has 1 aliphatic rings. The maximum Gasteiger partial charge on any atom is 0.293 e. The number of aromatic nitrogens is 3. The highest BCUT2D eigenvalue weighted by molar-refractivity contribution is 7.09. The monoisotopic (exact) mass is 883 g/mol. The molecule has 21 nitrogen and oxygen atoms in total. The average molecular weight is 884 g/mol. The van der Waals surface area contributed by atoms with E-state index < -0.39 is 83.5 Å². The Morgan fingerprint density at radius 3 is 2.33 bits per heavy atom. The number of aromatic amines is 2. The van der Waals surface area contributed by atoms with Crippen LogP contribution in [0.5, 0.6) is 5.75 Å². The molecule has 0 saturated carbocycles. The first-order valence-electron chi connectivity index (χ1n) is 19.6. The number of hydrogen-bond donors (Lipinski definition) is 8. The largest absolute Gasteiger partial charge is 0.496 e. The Labute approximate surface area is 362 Å². The standard InChI is InChI=1S/C41H45N11O10S/c1-6-25-37(56)46-21(3)41(59)51(4)18-33(54)45-20(2)40-50-29(19-63-40)39(58)49-28(13-22-15-43-35-24(22)9-7-11-30(35)52(60)61)38(57)48-27(36(55)44-17-32(53)47-25)14-23-16-42-26-10-8-12-31(62-5)34(23)26/h7-12,15-16,19-20,25,27-28,42-43H,3,6,13-14,17-18H2,1-2,4-5H3,(H,44,55)(H,45,54)(H,46,56)(H,47,53)(H,48,57)(H,49,58)/t20-,25-,27+,28+/m1/s1. The molecule has 8 N–H and O–H groups in total. The Kier molecular flexibility index (Phi) is 13.8. The van der Waals surface area contributed by atoms with Crippen molar-refractivity contribution in [3.8, 4) is 5.75 Å². The van der Waals surface area contributed by atoms with Crippen molar-refractivity contribution in [2.24, 2.45) is 0 Å². The number of nitrogens with one attached hydrogen (secondary N) is 8. The van der Waals surface area contributed by atoms with Gasteiger partial charge in [0.2, 0.25) is 29.5 Å². The van der Waals surface area contributed by atoms with Crippen molar-refractivity contribution in [3.63, 3.8) is 0 Å². The fraction of sp³-hybridized carbons (Fsp3) is 0.317. The third-order valence-corrected chi connectivity index (χ3v) is 11.3. The van der Waals surface area contributed by atoms with Crippen LogP contribution in [0.25, 0.3) is 21.8 Å². The minimum atomic E-state index is -1.41. The van der Waals surface area contributed by atoms with Gasteiger partial charge in [-0.3, -0.25) is 43.7 Å². The molecule has 63 heavy (non-hydrogen) atoms. The summed E-state index contributed by atoms with van der Waals surface area (Å²) in [6.45, 7) is 5.77. The molecule has 0 radical (unpaired) electrons. The third kappa shape index (κ3) is 10.3. The number of hydrogen-bond acceptors (Lipinski definition) is 12. The Balaban J connectivity index is 1.37. The summed E-state index contributed by atoms with van der Waals surface area (Å²) in [5.41, 5.74) is 1.20. The van der Waals surface area contributed by atoms with E-state index in [1.54, 1.807) is 44.3 Å². The van der Waals surface area contributed by atoms with Crippen LogP contribution in [0.15, 0.2) is 66.4 Å².